The van der Waals surface area contributed by atoms with Crippen molar-refractivity contribution in [3.05, 3.63) is 57.8 Å². The normalized spacial score (nSPS) is 16.4. The minimum absolute atomic E-state index is 0.261. The van der Waals surface area contributed by atoms with E-state index in [1.165, 1.54) is 17.3 Å². The Bertz CT molecular complexity index is 830. The third-order valence-corrected chi connectivity index (χ3v) is 4.47. The molecule has 112 valence electrons. The van der Waals surface area contributed by atoms with E-state index in [9.17, 15) is 4.79 Å². The predicted molar refractivity (Wildman–Crippen MR) is 92.2 cm³/mol. The summed E-state index contributed by atoms with van der Waals surface area (Å²) < 4.78 is 2.19. The summed E-state index contributed by atoms with van der Waals surface area (Å²) in [5.41, 5.74) is 11.2. The number of aromatic nitrogens is 1. The van der Waals surface area contributed by atoms with E-state index in [4.69, 9.17) is 5.73 Å². The van der Waals surface area contributed by atoms with Gasteiger partial charge in [0, 0.05) is 17.1 Å². The van der Waals surface area contributed by atoms with Gasteiger partial charge in [0.1, 0.15) is 0 Å². The number of carbonyl (C=O) groups excluding carboxylic acids is 1. The molecule has 5 heteroatoms. The molecule has 2 aromatic rings. The van der Waals surface area contributed by atoms with Gasteiger partial charge in [0.25, 0.3) is 5.91 Å². The molecule has 0 aliphatic carbocycles. The number of amidine groups is 1. The Hall–Kier alpha value is -2.27. The Morgan fingerprint density at radius 1 is 1.23 bits per heavy atom. The maximum atomic E-state index is 11.7. The standard InChI is InChI=1S/C17H17N3OS/c1-10-5-4-6-14(7-10)20-11(2)8-13(12(20)3)9-15-16(21)19-17(18)22-15/h4-9H,1-3H3,(H2,18,19,21)/b15-9-. The summed E-state index contributed by atoms with van der Waals surface area (Å²) in [6, 6.07) is 10.4. The van der Waals surface area contributed by atoms with Crippen LogP contribution in [0.2, 0.25) is 0 Å². The van der Waals surface area contributed by atoms with Crippen molar-refractivity contribution in [2.75, 3.05) is 0 Å². The number of aliphatic imine (C=N–C) groups is 1. The fourth-order valence-corrected chi connectivity index (χ4v) is 3.34. The van der Waals surface area contributed by atoms with Gasteiger partial charge >= 0.3 is 0 Å². The number of carbonyl (C=O) groups is 1. The fourth-order valence-electron chi connectivity index (χ4n) is 2.66. The van der Waals surface area contributed by atoms with Crippen LogP contribution in [0.25, 0.3) is 11.8 Å². The van der Waals surface area contributed by atoms with Crippen LogP contribution in [0.1, 0.15) is 22.5 Å². The van der Waals surface area contributed by atoms with E-state index in [1.807, 2.05) is 12.1 Å². The average molecular weight is 311 g/mol. The van der Waals surface area contributed by atoms with Crippen LogP contribution >= 0.6 is 11.8 Å². The molecular weight excluding hydrogens is 294 g/mol. The Morgan fingerprint density at radius 2 is 2.00 bits per heavy atom. The van der Waals surface area contributed by atoms with E-state index < -0.39 is 0 Å². The van der Waals surface area contributed by atoms with Gasteiger partial charge in [-0.05, 0) is 67.9 Å². The van der Waals surface area contributed by atoms with Crippen LogP contribution in [0, 0.1) is 20.8 Å². The summed E-state index contributed by atoms with van der Waals surface area (Å²) in [7, 11) is 0. The van der Waals surface area contributed by atoms with Crippen molar-refractivity contribution >= 4 is 28.9 Å². The smallest absolute Gasteiger partial charge is 0.286 e. The zero-order valence-electron chi connectivity index (χ0n) is 12.8. The van der Waals surface area contributed by atoms with E-state index in [1.54, 1.807) is 0 Å². The first-order valence-corrected chi connectivity index (χ1v) is 7.81. The number of rotatable bonds is 2. The third-order valence-electron chi connectivity index (χ3n) is 3.65. The average Bonchev–Trinajstić information content (AvgIpc) is 2.90. The first-order valence-electron chi connectivity index (χ1n) is 7.00. The summed E-state index contributed by atoms with van der Waals surface area (Å²) in [5, 5.41) is 0.309. The van der Waals surface area contributed by atoms with E-state index in [-0.39, 0.29) is 5.91 Å². The molecule has 1 aliphatic heterocycles. The molecule has 1 amide bonds. The van der Waals surface area contributed by atoms with Crippen LogP contribution in [0.15, 0.2) is 40.2 Å². The van der Waals surface area contributed by atoms with Crippen molar-refractivity contribution in [1.82, 2.24) is 4.57 Å². The molecule has 1 aromatic carbocycles. The third kappa shape index (κ3) is 2.60. The molecular formula is C17H17N3OS. The van der Waals surface area contributed by atoms with E-state index in [0.717, 1.165) is 22.6 Å². The van der Waals surface area contributed by atoms with Crippen molar-refractivity contribution in [3.8, 4) is 5.69 Å². The monoisotopic (exact) mass is 311 g/mol. The number of hydrogen-bond acceptors (Lipinski definition) is 3. The maximum Gasteiger partial charge on any atom is 0.286 e. The quantitative estimate of drug-likeness (QED) is 0.865. The van der Waals surface area contributed by atoms with Crippen molar-refractivity contribution in [3.63, 3.8) is 0 Å². The Morgan fingerprint density at radius 3 is 2.64 bits per heavy atom. The zero-order chi connectivity index (χ0) is 15.9. The zero-order valence-corrected chi connectivity index (χ0v) is 13.6. The van der Waals surface area contributed by atoms with Gasteiger partial charge in [-0.3, -0.25) is 4.79 Å². The van der Waals surface area contributed by atoms with Gasteiger partial charge in [-0.2, -0.15) is 4.99 Å². The second kappa shape index (κ2) is 5.50. The van der Waals surface area contributed by atoms with Crippen molar-refractivity contribution in [2.45, 2.75) is 20.8 Å². The molecule has 4 nitrogen and oxygen atoms in total. The van der Waals surface area contributed by atoms with Crippen LogP contribution in [0.5, 0.6) is 0 Å². The number of hydrogen-bond donors (Lipinski definition) is 1. The first-order chi connectivity index (χ1) is 10.5. The molecule has 0 fully saturated rings. The van der Waals surface area contributed by atoms with Crippen LogP contribution in [0.3, 0.4) is 0 Å². The maximum absolute atomic E-state index is 11.7. The van der Waals surface area contributed by atoms with Gasteiger partial charge in [-0.1, -0.05) is 12.1 Å². The molecule has 2 N–H and O–H groups in total. The van der Waals surface area contributed by atoms with Gasteiger partial charge in [0.2, 0.25) is 0 Å². The van der Waals surface area contributed by atoms with Crippen molar-refractivity contribution in [1.29, 1.82) is 0 Å². The second-order valence-electron chi connectivity index (χ2n) is 5.37. The van der Waals surface area contributed by atoms with Gasteiger partial charge in [-0.15, -0.1) is 0 Å². The summed E-state index contributed by atoms with van der Waals surface area (Å²) in [6.45, 7) is 6.19. The lowest BCUT2D eigenvalue weighted by molar-refractivity contribution is -0.113. The SMILES string of the molecule is Cc1cccc(-n2c(C)cc(/C=C3\SC(N)=NC3=O)c2C)c1. The van der Waals surface area contributed by atoms with Gasteiger partial charge in [0.15, 0.2) is 5.17 Å². The highest BCUT2D eigenvalue weighted by Gasteiger charge is 2.20. The predicted octanol–water partition coefficient (Wildman–Crippen LogP) is 3.33. The summed E-state index contributed by atoms with van der Waals surface area (Å²) >= 11 is 1.22. The fraction of sp³-hybridized carbons (Fsp3) is 0.176. The number of benzene rings is 1. The van der Waals surface area contributed by atoms with E-state index in [2.05, 4.69) is 54.6 Å². The van der Waals surface area contributed by atoms with Crippen LogP contribution < -0.4 is 5.73 Å². The minimum atomic E-state index is -0.261. The number of nitrogens with two attached hydrogens (primary N) is 1. The largest absolute Gasteiger partial charge is 0.378 e. The molecule has 3 rings (SSSR count). The van der Waals surface area contributed by atoms with Crippen LogP contribution in [-0.4, -0.2) is 15.6 Å². The number of aryl methyl sites for hydroxylation is 2. The lowest BCUT2D eigenvalue weighted by atomic mass is 10.2. The summed E-state index contributed by atoms with van der Waals surface area (Å²) in [6.07, 6.45) is 1.87. The molecule has 1 aliphatic rings. The highest BCUT2D eigenvalue weighted by Crippen LogP contribution is 2.29. The van der Waals surface area contributed by atoms with Crippen LogP contribution in [0.4, 0.5) is 0 Å². The molecule has 0 bridgehead atoms. The number of nitrogens with zero attached hydrogens (tertiary/aromatic N) is 2. The molecule has 0 saturated carbocycles. The highest BCUT2D eigenvalue weighted by atomic mass is 32.2. The molecule has 0 radical (unpaired) electrons. The van der Waals surface area contributed by atoms with E-state index in [0.29, 0.717) is 10.1 Å². The van der Waals surface area contributed by atoms with Crippen LogP contribution in [-0.2, 0) is 4.79 Å². The summed E-state index contributed by atoms with van der Waals surface area (Å²) in [4.78, 5) is 16.1. The lowest BCUT2D eigenvalue weighted by Crippen LogP contribution is -2.01. The van der Waals surface area contributed by atoms with Crippen molar-refractivity contribution < 1.29 is 4.79 Å². The Balaban J connectivity index is 2.05. The second-order valence-corrected chi connectivity index (χ2v) is 6.43. The molecule has 2 heterocycles. The van der Waals surface area contributed by atoms with Gasteiger partial charge in [-0.25, -0.2) is 0 Å². The van der Waals surface area contributed by atoms with Crippen molar-refractivity contribution in [2.24, 2.45) is 10.7 Å². The molecule has 22 heavy (non-hydrogen) atoms. The summed E-state index contributed by atoms with van der Waals surface area (Å²) in [5.74, 6) is -0.261. The molecule has 0 unspecified atom stereocenters. The Labute approximate surface area is 133 Å². The molecule has 1 aromatic heterocycles. The molecule has 0 spiro atoms. The minimum Gasteiger partial charge on any atom is -0.378 e. The van der Waals surface area contributed by atoms with E-state index >= 15 is 0 Å². The Kier molecular flexibility index (Phi) is 3.66. The molecule has 0 atom stereocenters. The van der Waals surface area contributed by atoms with Gasteiger partial charge in [0.05, 0.1) is 4.91 Å². The first kappa shape index (κ1) is 14.7. The lowest BCUT2D eigenvalue weighted by Gasteiger charge is -2.10. The molecule has 0 saturated heterocycles. The number of thioether (sulfide) groups is 1. The highest BCUT2D eigenvalue weighted by molar-refractivity contribution is 8.18. The van der Waals surface area contributed by atoms with Gasteiger partial charge < -0.3 is 10.3 Å². The number of amides is 1. The topological polar surface area (TPSA) is 60.4 Å².